The molecule has 0 amide bonds. The molecular weight excluding hydrogens is 439 g/mol. The van der Waals surface area contributed by atoms with Gasteiger partial charge in [0.2, 0.25) is 5.95 Å². The van der Waals surface area contributed by atoms with Crippen LogP contribution >= 0.6 is 0 Å². The summed E-state index contributed by atoms with van der Waals surface area (Å²) in [5.74, 6) is 1.12. The van der Waals surface area contributed by atoms with Gasteiger partial charge in [-0.2, -0.15) is 5.26 Å². The van der Waals surface area contributed by atoms with E-state index in [2.05, 4.69) is 51.9 Å². The van der Waals surface area contributed by atoms with Crippen molar-refractivity contribution in [3.05, 3.63) is 94.3 Å². The van der Waals surface area contributed by atoms with E-state index in [-0.39, 0.29) is 5.82 Å². The molecule has 0 saturated carbocycles. The average Bonchev–Trinajstić information content (AvgIpc) is 3.49. The third-order valence-corrected chi connectivity index (χ3v) is 6.94. The Bertz CT molecular complexity index is 1520. The van der Waals surface area contributed by atoms with Crippen molar-refractivity contribution in [1.82, 2.24) is 9.55 Å². The first-order valence-electron chi connectivity index (χ1n) is 12.0. The van der Waals surface area contributed by atoms with Crippen molar-refractivity contribution in [1.29, 1.82) is 5.26 Å². The molecule has 35 heavy (non-hydrogen) atoms. The van der Waals surface area contributed by atoms with E-state index in [9.17, 15) is 9.65 Å². The molecule has 0 spiro atoms. The summed E-state index contributed by atoms with van der Waals surface area (Å²) in [4.78, 5) is 7.33. The number of hydrogen-bond donors (Lipinski definition) is 0. The highest BCUT2D eigenvalue weighted by atomic mass is 19.1. The Morgan fingerprint density at radius 2 is 1.86 bits per heavy atom. The van der Waals surface area contributed by atoms with Gasteiger partial charge in [-0.15, -0.1) is 0 Å². The number of allylic oxidation sites excluding steroid dienone is 1. The van der Waals surface area contributed by atoms with Crippen molar-refractivity contribution >= 4 is 22.6 Å². The van der Waals surface area contributed by atoms with Gasteiger partial charge in [-0.3, -0.25) is 0 Å². The molecule has 2 aliphatic heterocycles. The Morgan fingerprint density at radius 3 is 2.69 bits per heavy atom. The number of hydrogen-bond acceptors (Lipinski definition) is 4. The zero-order chi connectivity index (χ0) is 23.9. The highest BCUT2D eigenvalue weighted by Crippen LogP contribution is 2.39. The predicted octanol–water partition coefficient (Wildman–Crippen LogP) is 6.06. The Hall–Kier alpha value is -4.11. The van der Waals surface area contributed by atoms with Crippen molar-refractivity contribution in [3.63, 3.8) is 0 Å². The van der Waals surface area contributed by atoms with E-state index in [1.807, 2.05) is 6.07 Å². The van der Waals surface area contributed by atoms with Crippen LogP contribution in [-0.4, -0.2) is 22.6 Å². The predicted molar refractivity (Wildman–Crippen MR) is 135 cm³/mol. The summed E-state index contributed by atoms with van der Waals surface area (Å²) in [6.45, 7) is 4.84. The van der Waals surface area contributed by atoms with Crippen LogP contribution in [0.4, 0.5) is 10.3 Å². The minimum absolute atomic E-state index is 0.311. The van der Waals surface area contributed by atoms with Gasteiger partial charge in [0.15, 0.2) is 0 Å². The Labute approximate surface area is 203 Å². The number of halogens is 1. The van der Waals surface area contributed by atoms with Crippen LogP contribution in [0, 0.1) is 17.1 Å². The molecule has 0 radical (unpaired) electrons. The van der Waals surface area contributed by atoms with Gasteiger partial charge in [-0.05, 0) is 66.8 Å². The zero-order valence-corrected chi connectivity index (χ0v) is 19.6. The van der Waals surface area contributed by atoms with Crippen molar-refractivity contribution in [3.8, 4) is 11.8 Å². The van der Waals surface area contributed by atoms with E-state index in [0.29, 0.717) is 24.5 Å². The maximum atomic E-state index is 14.0. The quantitative estimate of drug-likeness (QED) is 0.346. The molecule has 0 atom stereocenters. The summed E-state index contributed by atoms with van der Waals surface area (Å²) in [5, 5.41) is 9.71. The summed E-state index contributed by atoms with van der Waals surface area (Å²) in [6.07, 6.45) is 2.38. The lowest BCUT2D eigenvalue weighted by molar-refractivity contribution is 0.305. The highest BCUT2D eigenvalue weighted by Gasteiger charge is 2.24. The highest BCUT2D eigenvalue weighted by molar-refractivity contribution is 5.88. The molecule has 5 nitrogen and oxygen atoms in total. The van der Waals surface area contributed by atoms with E-state index in [0.717, 1.165) is 57.9 Å². The van der Waals surface area contributed by atoms with E-state index in [4.69, 9.17) is 9.72 Å². The molecule has 6 heteroatoms. The molecular formula is C29H25FN4O. The third kappa shape index (κ3) is 3.74. The van der Waals surface area contributed by atoms with Crippen LogP contribution in [-0.2, 0) is 13.2 Å². The second kappa shape index (κ2) is 8.59. The molecule has 0 aliphatic carbocycles. The molecule has 0 N–H and O–H groups in total. The maximum absolute atomic E-state index is 14.0. The summed E-state index contributed by atoms with van der Waals surface area (Å²) in [5.41, 5.74) is 7.30. The second-order valence-electron chi connectivity index (χ2n) is 9.21. The van der Waals surface area contributed by atoms with E-state index < -0.39 is 0 Å². The number of nitriles is 1. The SMILES string of the molecule is CC(C#N)=C1c2ccc(Cn3c(N4CCCC4)nc4ccccc43)cc2COc2cc(F)ccc21. The van der Waals surface area contributed by atoms with Crippen LogP contribution in [0.1, 0.15) is 42.0 Å². The monoisotopic (exact) mass is 464 g/mol. The number of ether oxygens (including phenoxy) is 1. The molecule has 4 aromatic rings. The molecule has 1 fully saturated rings. The number of para-hydroxylation sites is 2. The van der Waals surface area contributed by atoms with Crippen molar-refractivity contribution < 1.29 is 9.13 Å². The van der Waals surface area contributed by atoms with Crippen LogP contribution in [0.5, 0.6) is 5.75 Å². The molecule has 1 saturated heterocycles. The van der Waals surface area contributed by atoms with Crippen LogP contribution in [0.15, 0.2) is 66.2 Å². The van der Waals surface area contributed by atoms with Gasteiger partial charge in [0, 0.05) is 35.9 Å². The lowest BCUT2D eigenvalue weighted by atomic mass is 9.90. The minimum atomic E-state index is -0.356. The summed E-state index contributed by atoms with van der Waals surface area (Å²) in [7, 11) is 0. The third-order valence-electron chi connectivity index (χ3n) is 6.94. The van der Waals surface area contributed by atoms with Gasteiger partial charge in [0.25, 0.3) is 0 Å². The van der Waals surface area contributed by atoms with Crippen LogP contribution < -0.4 is 9.64 Å². The lowest BCUT2D eigenvalue weighted by Crippen LogP contribution is -2.22. The van der Waals surface area contributed by atoms with Crippen molar-refractivity contribution in [2.75, 3.05) is 18.0 Å². The first-order chi connectivity index (χ1) is 17.1. The van der Waals surface area contributed by atoms with Crippen molar-refractivity contribution in [2.24, 2.45) is 0 Å². The first-order valence-corrected chi connectivity index (χ1v) is 12.0. The van der Waals surface area contributed by atoms with Gasteiger partial charge in [-0.25, -0.2) is 9.37 Å². The summed E-state index contributed by atoms with van der Waals surface area (Å²) >= 11 is 0. The molecule has 1 aromatic heterocycles. The molecule has 174 valence electrons. The topological polar surface area (TPSA) is 54.1 Å². The van der Waals surface area contributed by atoms with Crippen LogP contribution in [0.3, 0.4) is 0 Å². The van der Waals surface area contributed by atoms with Crippen molar-refractivity contribution in [2.45, 2.75) is 32.9 Å². The molecule has 3 aromatic carbocycles. The van der Waals surface area contributed by atoms with Crippen LogP contribution in [0.25, 0.3) is 16.6 Å². The normalized spacial score (nSPS) is 16.3. The first kappa shape index (κ1) is 21.4. The number of nitrogens with zero attached hydrogens (tertiary/aromatic N) is 4. The zero-order valence-electron chi connectivity index (χ0n) is 19.6. The van der Waals surface area contributed by atoms with Gasteiger partial charge in [0.1, 0.15) is 18.2 Å². The molecule has 0 unspecified atom stereocenters. The number of rotatable bonds is 3. The molecule has 0 bridgehead atoms. The van der Waals surface area contributed by atoms with Gasteiger partial charge in [0.05, 0.1) is 23.6 Å². The number of aromatic nitrogens is 2. The van der Waals surface area contributed by atoms with Gasteiger partial charge in [-0.1, -0.05) is 24.3 Å². The van der Waals surface area contributed by atoms with Gasteiger partial charge < -0.3 is 14.2 Å². The van der Waals surface area contributed by atoms with E-state index in [1.54, 1.807) is 13.0 Å². The fourth-order valence-corrected chi connectivity index (χ4v) is 5.25. The van der Waals surface area contributed by atoms with E-state index in [1.165, 1.54) is 25.0 Å². The fourth-order valence-electron chi connectivity index (χ4n) is 5.25. The average molecular weight is 465 g/mol. The standard InChI is InChI=1S/C29H25FN4O/c1-19(16-31)28-23-10-8-20(14-21(23)18-35-27-15-22(30)9-11-24(27)28)17-34-26-7-3-2-6-25(26)32-29(34)33-12-4-5-13-33/h2-3,6-11,14-15H,4-5,12-13,17-18H2,1H3. The molecule has 3 heterocycles. The van der Waals surface area contributed by atoms with E-state index >= 15 is 0 Å². The Kier molecular flexibility index (Phi) is 5.26. The number of benzene rings is 3. The lowest BCUT2D eigenvalue weighted by Gasteiger charge is -2.19. The molecule has 6 rings (SSSR count). The number of imidazole rings is 1. The molecule has 2 aliphatic rings. The summed E-state index contributed by atoms with van der Waals surface area (Å²) < 4.78 is 22.3. The van der Waals surface area contributed by atoms with Gasteiger partial charge >= 0.3 is 0 Å². The maximum Gasteiger partial charge on any atom is 0.206 e. The second-order valence-corrected chi connectivity index (χ2v) is 9.21. The number of anilines is 1. The largest absolute Gasteiger partial charge is 0.488 e. The smallest absolute Gasteiger partial charge is 0.206 e. The Morgan fingerprint density at radius 1 is 1.06 bits per heavy atom. The fraction of sp³-hybridized carbons (Fsp3) is 0.241. The van der Waals surface area contributed by atoms with Crippen LogP contribution in [0.2, 0.25) is 0 Å². The minimum Gasteiger partial charge on any atom is -0.488 e. The number of fused-ring (bicyclic) bond motifs is 3. The Balaban J connectivity index is 1.44. The summed E-state index contributed by atoms with van der Waals surface area (Å²) in [6, 6.07) is 21.4.